The van der Waals surface area contributed by atoms with Crippen LogP contribution in [0.25, 0.3) is 0 Å². The van der Waals surface area contributed by atoms with Gasteiger partial charge >= 0.3 is 0 Å². The van der Waals surface area contributed by atoms with Gasteiger partial charge in [-0.1, -0.05) is 6.07 Å². The van der Waals surface area contributed by atoms with Crippen molar-refractivity contribution in [2.45, 2.75) is 24.7 Å². The third-order valence-electron chi connectivity index (χ3n) is 2.92. The number of carbonyl (C=O) groups is 1. The molecule has 0 aliphatic heterocycles. The van der Waals surface area contributed by atoms with Crippen molar-refractivity contribution in [1.82, 2.24) is 4.72 Å². The SMILES string of the molecule is Cc1cc(F)cc(S(=O)(=O)NC(=O)[C@H](C)c2cccs2)c1. The number of amides is 1. The lowest BCUT2D eigenvalue weighted by molar-refractivity contribution is -0.120. The summed E-state index contributed by atoms with van der Waals surface area (Å²) in [4.78, 5) is 12.5. The van der Waals surface area contributed by atoms with Crippen LogP contribution < -0.4 is 4.72 Å². The minimum absolute atomic E-state index is 0.258. The molecule has 0 saturated heterocycles. The number of hydrogen-bond donors (Lipinski definition) is 1. The number of thiophene rings is 1. The van der Waals surface area contributed by atoms with Crippen LogP contribution in [0.2, 0.25) is 0 Å². The highest BCUT2D eigenvalue weighted by atomic mass is 32.2. The highest BCUT2D eigenvalue weighted by molar-refractivity contribution is 7.90. The first kappa shape index (κ1) is 15.7. The number of rotatable bonds is 4. The van der Waals surface area contributed by atoms with E-state index in [9.17, 15) is 17.6 Å². The van der Waals surface area contributed by atoms with Gasteiger partial charge in [0, 0.05) is 4.88 Å². The molecule has 0 saturated carbocycles. The molecule has 21 heavy (non-hydrogen) atoms. The summed E-state index contributed by atoms with van der Waals surface area (Å²) in [5.41, 5.74) is 0.467. The fourth-order valence-corrected chi connectivity index (χ4v) is 3.76. The maximum absolute atomic E-state index is 13.3. The van der Waals surface area contributed by atoms with E-state index in [2.05, 4.69) is 0 Å². The van der Waals surface area contributed by atoms with Gasteiger partial charge in [0.05, 0.1) is 10.8 Å². The molecule has 0 unspecified atom stereocenters. The summed E-state index contributed by atoms with van der Waals surface area (Å²) in [5, 5.41) is 1.81. The fourth-order valence-electron chi connectivity index (χ4n) is 1.80. The maximum Gasteiger partial charge on any atom is 0.264 e. The first-order valence-corrected chi connectivity index (χ1v) is 8.53. The molecule has 1 aromatic heterocycles. The fraction of sp³-hybridized carbons (Fsp3) is 0.214. The van der Waals surface area contributed by atoms with E-state index in [-0.39, 0.29) is 4.90 Å². The van der Waals surface area contributed by atoms with Gasteiger partial charge in [0.1, 0.15) is 5.82 Å². The van der Waals surface area contributed by atoms with Crippen LogP contribution in [-0.4, -0.2) is 14.3 Å². The van der Waals surface area contributed by atoms with Gasteiger partial charge in [-0.25, -0.2) is 17.5 Å². The Labute approximate surface area is 126 Å². The second-order valence-corrected chi connectivity index (χ2v) is 7.33. The highest BCUT2D eigenvalue weighted by Crippen LogP contribution is 2.22. The summed E-state index contributed by atoms with van der Waals surface area (Å²) < 4.78 is 39.5. The van der Waals surface area contributed by atoms with Crippen molar-refractivity contribution in [3.63, 3.8) is 0 Å². The minimum Gasteiger partial charge on any atom is -0.273 e. The van der Waals surface area contributed by atoms with E-state index < -0.39 is 27.7 Å². The van der Waals surface area contributed by atoms with Crippen LogP contribution in [0.15, 0.2) is 40.6 Å². The van der Waals surface area contributed by atoms with Gasteiger partial charge in [-0.3, -0.25) is 4.79 Å². The lowest BCUT2D eigenvalue weighted by Gasteiger charge is -2.11. The molecule has 7 heteroatoms. The molecule has 4 nitrogen and oxygen atoms in total. The van der Waals surface area contributed by atoms with Crippen molar-refractivity contribution in [3.8, 4) is 0 Å². The number of benzene rings is 1. The van der Waals surface area contributed by atoms with Crippen molar-refractivity contribution < 1.29 is 17.6 Å². The van der Waals surface area contributed by atoms with Gasteiger partial charge in [-0.05, 0) is 49.1 Å². The molecule has 0 radical (unpaired) electrons. The Morgan fingerprint density at radius 2 is 2.05 bits per heavy atom. The largest absolute Gasteiger partial charge is 0.273 e. The second-order valence-electron chi connectivity index (χ2n) is 4.67. The first-order chi connectivity index (χ1) is 9.79. The number of carbonyl (C=O) groups excluding carboxylic acids is 1. The van der Waals surface area contributed by atoms with E-state index in [1.807, 2.05) is 10.1 Å². The molecular formula is C14H14FNO3S2. The van der Waals surface area contributed by atoms with E-state index in [4.69, 9.17) is 0 Å². The molecule has 1 aromatic carbocycles. The first-order valence-electron chi connectivity index (χ1n) is 6.17. The normalized spacial score (nSPS) is 12.9. The van der Waals surface area contributed by atoms with Crippen LogP contribution in [0.1, 0.15) is 23.3 Å². The summed E-state index contributed by atoms with van der Waals surface area (Å²) in [7, 11) is -4.08. The molecule has 2 aromatic rings. The molecule has 1 atom stereocenters. The Hall–Kier alpha value is -1.73. The van der Waals surface area contributed by atoms with Crippen molar-refractivity contribution in [1.29, 1.82) is 0 Å². The minimum atomic E-state index is -4.08. The Kier molecular flexibility index (Phi) is 4.43. The topological polar surface area (TPSA) is 63.2 Å². The van der Waals surface area contributed by atoms with Gasteiger partial charge in [0.25, 0.3) is 10.0 Å². The lowest BCUT2D eigenvalue weighted by atomic mass is 10.1. The molecule has 0 spiro atoms. The molecule has 0 aliphatic rings. The molecule has 112 valence electrons. The van der Waals surface area contributed by atoms with Gasteiger partial charge in [-0.15, -0.1) is 11.3 Å². The van der Waals surface area contributed by atoms with Crippen LogP contribution in [0.3, 0.4) is 0 Å². The average molecular weight is 327 g/mol. The summed E-state index contributed by atoms with van der Waals surface area (Å²) >= 11 is 1.37. The summed E-state index contributed by atoms with van der Waals surface area (Å²) in [6, 6.07) is 6.96. The van der Waals surface area contributed by atoms with Gasteiger partial charge in [0.15, 0.2) is 0 Å². The molecule has 2 rings (SSSR count). The smallest absolute Gasteiger partial charge is 0.264 e. The van der Waals surface area contributed by atoms with Crippen molar-refractivity contribution in [2.75, 3.05) is 0 Å². The zero-order valence-corrected chi connectivity index (χ0v) is 13.1. The quantitative estimate of drug-likeness (QED) is 0.939. The van der Waals surface area contributed by atoms with E-state index >= 15 is 0 Å². The average Bonchev–Trinajstić information content (AvgIpc) is 2.89. The maximum atomic E-state index is 13.3. The third-order valence-corrected chi connectivity index (χ3v) is 5.31. The molecule has 1 heterocycles. The molecule has 0 aliphatic carbocycles. The van der Waals surface area contributed by atoms with Gasteiger partial charge in [-0.2, -0.15) is 0 Å². The number of halogens is 1. The number of sulfonamides is 1. The second kappa shape index (κ2) is 5.95. The zero-order chi connectivity index (χ0) is 15.6. The van der Waals surface area contributed by atoms with Gasteiger partial charge < -0.3 is 0 Å². The van der Waals surface area contributed by atoms with Crippen LogP contribution in [0.4, 0.5) is 4.39 Å². The van der Waals surface area contributed by atoms with E-state index in [1.54, 1.807) is 26.0 Å². The lowest BCUT2D eigenvalue weighted by Crippen LogP contribution is -2.33. The van der Waals surface area contributed by atoms with Crippen LogP contribution in [0, 0.1) is 12.7 Å². The van der Waals surface area contributed by atoms with Crippen molar-refractivity contribution in [3.05, 3.63) is 52.0 Å². The molecular weight excluding hydrogens is 313 g/mol. The van der Waals surface area contributed by atoms with Crippen molar-refractivity contribution >= 4 is 27.3 Å². The predicted molar refractivity (Wildman–Crippen MR) is 79.2 cm³/mol. The Bertz CT molecular complexity index is 734. The Morgan fingerprint density at radius 1 is 1.33 bits per heavy atom. The van der Waals surface area contributed by atoms with E-state index in [0.29, 0.717) is 5.56 Å². The molecule has 1 N–H and O–H groups in total. The summed E-state index contributed by atoms with van der Waals surface area (Å²) in [5.74, 6) is -1.89. The Balaban J connectivity index is 2.23. The number of aryl methyl sites for hydroxylation is 1. The standard InChI is InChI=1S/C14H14FNO3S2/c1-9-6-11(15)8-12(7-9)21(18,19)16-14(17)10(2)13-4-3-5-20-13/h3-8,10H,1-2H3,(H,16,17)/t10-/m1/s1. The predicted octanol–water partition coefficient (Wildman–Crippen LogP) is 2.80. The highest BCUT2D eigenvalue weighted by Gasteiger charge is 2.23. The molecule has 0 bridgehead atoms. The molecule has 1 amide bonds. The summed E-state index contributed by atoms with van der Waals surface area (Å²) in [6.45, 7) is 3.20. The summed E-state index contributed by atoms with van der Waals surface area (Å²) in [6.07, 6.45) is 0. The van der Waals surface area contributed by atoms with Crippen molar-refractivity contribution in [2.24, 2.45) is 0 Å². The number of hydrogen-bond acceptors (Lipinski definition) is 4. The zero-order valence-electron chi connectivity index (χ0n) is 11.5. The van der Waals surface area contributed by atoms with Gasteiger partial charge in [0.2, 0.25) is 5.91 Å². The van der Waals surface area contributed by atoms with E-state index in [1.165, 1.54) is 23.5 Å². The Morgan fingerprint density at radius 3 is 2.62 bits per heavy atom. The van der Waals surface area contributed by atoms with Crippen LogP contribution in [-0.2, 0) is 14.8 Å². The van der Waals surface area contributed by atoms with E-state index in [0.717, 1.165) is 10.9 Å². The van der Waals surface area contributed by atoms with Crippen LogP contribution >= 0.6 is 11.3 Å². The molecule has 0 fully saturated rings. The third kappa shape index (κ3) is 3.68. The number of nitrogens with one attached hydrogen (secondary N) is 1. The van der Waals surface area contributed by atoms with Crippen LogP contribution in [0.5, 0.6) is 0 Å². The monoisotopic (exact) mass is 327 g/mol.